The van der Waals surface area contributed by atoms with E-state index in [1.807, 2.05) is 0 Å². The molecule has 1 aliphatic heterocycles. The van der Waals surface area contributed by atoms with Gasteiger partial charge in [-0.1, -0.05) is 30.3 Å². The molecule has 2 fully saturated rings. The van der Waals surface area contributed by atoms with E-state index in [-0.39, 0.29) is 42.8 Å². The van der Waals surface area contributed by atoms with Gasteiger partial charge in [-0.25, -0.2) is 26.3 Å². The number of carbonyl (C=O) groups excluding carboxylic acids is 1. The van der Waals surface area contributed by atoms with Crippen LogP contribution in [0.5, 0.6) is 0 Å². The molecule has 0 spiro atoms. The van der Waals surface area contributed by atoms with Gasteiger partial charge < -0.3 is 9.64 Å². The van der Waals surface area contributed by atoms with Gasteiger partial charge in [0.2, 0.25) is 15.9 Å². The van der Waals surface area contributed by atoms with Gasteiger partial charge >= 0.3 is 0 Å². The van der Waals surface area contributed by atoms with Crippen LogP contribution in [0.15, 0.2) is 42.5 Å². The average Bonchev–Trinajstić information content (AvgIpc) is 3.26. The lowest BCUT2D eigenvalue weighted by molar-refractivity contribution is -0.133. The Morgan fingerprint density at radius 3 is 2.48 bits per heavy atom. The minimum Gasteiger partial charge on any atom is -0.383 e. The smallest absolute Gasteiger partial charge is 0.229 e. The molecule has 0 unspecified atom stereocenters. The summed E-state index contributed by atoms with van der Waals surface area (Å²) in [7, 11) is -2.13. The predicted molar refractivity (Wildman–Crippen MR) is 116 cm³/mol. The number of ether oxygens (including phenoxy) is 1. The maximum Gasteiger partial charge on any atom is 0.229 e. The molecule has 0 bridgehead atoms. The zero-order valence-corrected chi connectivity index (χ0v) is 19.1. The van der Waals surface area contributed by atoms with Gasteiger partial charge in [-0.3, -0.25) is 4.79 Å². The summed E-state index contributed by atoms with van der Waals surface area (Å²) in [4.78, 5) is 14.6. The van der Waals surface area contributed by atoms with Crippen LogP contribution in [0, 0.1) is 17.6 Å². The van der Waals surface area contributed by atoms with Crippen molar-refractivity contribution in [2.45, 2.75) is 24.0 Å². The lowest BCUT2D eigenvalue weighted by Gasteiger charge is -2.29. The highest BCUT2D eigenvalue weighted by Gasteiger charge is 2.63. The zero-order valence-electron chi connectivity index (χ0n) is 18.3. The van der Waals surface area contributed by atoms with Crippen molar-refractivity contribution in [3.63, 3.8) is 0 Å². The fraction of sp³-hybridized carbons (Fsp3) is 0.435. The SMILES string of the molecule is COC[C@]1(NS(C)(=O)=O)CCN(C(=O)[C@@H]2C[C@@]2(F)c2ccccc2-c2c(F)cccc2F)C1. The molecule has 0 radical (unpaired) electrons. The first-order valence-corrected chi connectivity index (χ1v) is 12.4. The number of likely N-dealkylation sites (tertiary alicyclic amines) is 1. The van der Waals surface area contributed by atoms with Gasteiger partial charge in [0.1, 0.15) is 17.3 Å². The Kier molecular flexibility index (Phi) is 6.05. The van der Waals surface area contributed by atoms with Crippen molar-refractivity contribution in [2.75, 3.05) is 33.1 Å². The van der Waals surface area contributed by atoms with E-state index in [0.717, 1.165) is 18.4 Å². The monoisotopic (exact) mass is 482 g/mol. The molecular weight excluding hydrogens is 457 g/mol. The number of sulfonamides is 1. The van der Waals surface area contributed by atoms with Crippen LogP contribution in [0.4, 0.5) is 13.2 Å². The number of benzene rings is 2. The first-order chi connectivity index (χ1) is 15.5. The number of nitrogens with one attached hydrogen (secondary N) is 1. The molecule has 1 heterocycles. The molecule has 10 heteroatoms. The second-order valence-corrected chi connectivity index (χ2v) is 10.6. The normalized spacial score (nSPS) is 27.1. The molecule has 6 nitrogen and oxygen atoms in total. The fourth-order valence-electron chi connectivity index (χ4n) is 4.82. The van der Waals surface area contributed by atoms with Crippen LogP contribution < -0.4 is 4.72 Å². The van der Waals surface area contributed by atoms with Gasteiger partial charge in [0.05, 0.1) is 29.9 Å². The van der Waals surface area contributed by atoms with Crippen molar-refractivity contribution < 1.29 is 31.1 Å². The van der Waals surface area contributed by atoms with E-state index in [4.69, 9.17) is 4.74 Å². The Morgan fingerprint density at radius 1 is 1.18 bits per heavy atom. The summed E-state index contributed by atoms with van der Waals surface area (Å²) in [6.07, 6.45) is 1.23. The van der Waals surface area contributed by atoms with Crippen LogP contribution in [0.2, 0.25) is 0 Å². The van der Waals surface area contributed by atoms with Gasteiger partial charge in [-0.2, -0.15) is 0 Å². The summed E-state index contributed by atoms with van der Waals surface area (Å²) in [6.45, 7) is 0.342. The van der Waals surface area contributed by atoms with Crippen molar-refractivity contribution in [3.05, 3.63) is 59.7 Å². The summed E-state index contributed by atoms with van der Waals surface area (Å²) in [5.74, 6) is -3.12. The third-order valence-electron chi connectivity index (χ3n) is 6.29. The Labute approximate surface area is 190 Å². The summed E-state index contributed by atoms with van der Waals surface area (Å²) in [5.41, 5.74) is -3.26. The molecule has 2 aromatic carbocycles. The number of alkyl halides is 1. The molecular formula is C23H25F3N2O4S. The molecule has 3 atom stereocenters. The molecule has 33 heavy (non-hydrogen) atoms. The number of hydrogen-bond acceptors (Lipinski definition) is 4. The summed E-state index contributed by atoms with van der Waals surface area (Å²) >= 11 is 0. The zero-order chi connectivity index (χ0) is 24.0. The first-order valence-electron chi connectivity index (χ1n) is 10.5. The average molecular weight is 483 g/mol. The van der Waals surface area contributed by atoms with Gasteiger partial charge in [0.25, 0.3) is 0 Å². The summed E-state index contributed by atoms with van der Waals surface area (Å²) < 4.78 is 76.2. The molecule has 2 aromatic rings. The van der Waals surface area contributed by atoms with E-state index in [2.05, 4.69) is 4.72 Å². The maximum absolute atomic E-state index is 16.0. The van der Waals surface area contributed by atoms with Crippen LogP contribution in [0.3, 0.4) is 0 Å². The van der Waals surface area contributed by atoms with E-state index in [0.29, 0.717) is 6.42 Å². The highest BCUT2D eigenvalue weighted by molar-refractivity contribution is 7.88. The van der Waals surface area contributed by atoms with Crippen molar-refractivity contribution in [1.82, 2.24) is 9.62 Å². The van der Waals surface area contributed by atoms with Crippen LogP contribution >= 0.6 is 0 Å². The fourth-order valence-corrected chi connectivity index (χ4v) is 5.83. The van der Waals surface area contributed by atoms with Crippen molar-refractivity contribution in [1.29, 1.82) is 0 Å². The molecule has 1 amide bonds. The molecule has 2 aliphatic rings. The Balaban J connectivity index is 1.59. The first kappa shape index (κ1) is 23.7. The van der Waals surface area contributed by atoms with Gasteiger partial charge in [-0.15, -0.1) is 0 Å². The van der Waals surface area contributed by atoms with Crippen LogP contribution in [-0.2, 0) is 25.2 Å². The Hall–Kier alpha value is -2.43. The Morgan fingerprint density at radius 2 is 1.85 bits per heavy atom. The highest BCUT2D eigenvalue weighted by Crippen LogP contribution is 2.59. The molecule has 0 aromatic heterocycles. The lowest BCUT2D eigenvalue weighted by Crippen LogP contribution is -2.53. The predicted octanol–water partition coefficient (Wildman–Crippen LogP) is 2.98. The number of hydrogen-bond donors (Lipinski definition) is 1. The molecule has 4 rings (SSSR count). The van der Waals surface area contributed by atoms with Crippen molar-refractivity contribution in [2.24, 2.45) is 5.92 Å². The van der Waals surface area contributed by atoms with Crippen LogP contribution in [0.25, 0.3) is 11.1 Å². The third kappa shape index (κ3) is 4.51. The lowest BCUT2D eigenvalue weighted by atomic mass is 9.93. The van der Waals surface area contributed by atoms with Crippen LogP contribution in [-0.4, -0.2) is 57.8 Å². The van der Waals surface area contributed by atoms with Crippen molar-refractivity contribution >= 4 is 15.9 Å². The van der Waals surface area contributed by atoms with E-state index in [1.54, 1.807) is 12.1 Å². The quantitative estimate of drug-likeness (QED) is 0.659. The van der Waals surface area contributed by atoms with E-state index >= 15 is 4.39 Å². The third-order valence-corrected chi connectivity index (χ3v) is 7.09. The number of rotatable bonds is 7. The second kappa shape index (κ2) is 8.41. The van der Waals surface area contributed by atoms with Gasteiger partial charge in [0.15, 0.2) is 0 Å². The summed E-state index contributed by atoms with van der Waals surface area (Å²) in [6, 6.07) is 9.44. The molecule has 1 aliphatic carbocycles. The largest absolute Gasteiger partial charge is 0.383 e. The molecule has 1 N–H and O–H groups in total. The summed E-state index contributed by atoms with van der Waals surface area (Å²) in [5, 5.41) is 0. The van der Waals surface area contributed by atoms with E-state index in [1.165, 1.54) is 30.2 Å². The van der Waals surface area contributed by atoms with Gasteiger partial charge in [-0.05, 0) is 29.7 Å². The number of carbonyl (C=O) groups is 1. The number of methoxy groups -OCH3 is 1. The minimum atomic E-state index is -3.57. The standard InChI is InChI=1S/C23H25F3N2O4S/c1-32-14-22(27-33(2,30)31)10-11-28(13-22)21(29)17-12-23(17,26)16-7-4-3-6-15(16)20-18(24)8-5-9-19(20)25/h3-9,17,27H,10-14H2,1-2H3/t17-,22-,23+/m0/s1. The van der Waals surface area contributed by atoms with Crippen LogP contribution in [0.1, 0.15) is 18.4 Å². The second-order valence-electron chi connectivity index (χ2n) is 8.86. The number of amides is 1. The van der Waals surface area contributed by atoms with Crippen molar-refractivity contribution in [3.8, 4) is 11.1 Å². The molecule has 1 saturated carbocycles. The maximum atomic E-state index is 16.0. The minimum absolute atomic E-state index is 0.0446. The number of halogens is 3. The van der Waals surface area contributed by atoms with E-state index < -0.39 is 44.7 Å². The molecule has 178 valence electrons. The topological polar surface area (TPSA) is 75.7 Å². The number of nitrogens with zero attached hydrogens (tertiary/aromatic N) is 1. The van der Waals surface area contributed by atoms with E-state index in [9.17, 15) is 22.0 Å². The highest BCUT2D eigenvalue weighted by atomic mass is 32.2. The molecule has 1 saturated heterocycles. The van der Waals surface area contributed by atoms with Gasteiger partial charge in [0, 0.05) is 26.6 Å². The Bertz CT molecular complexity index is 1170.